The van der Waals surface area contributed by atoms with Crippen LogP contribution in [0.5, 0.6) is 0 Å². The van der Waals surface area contributed by atoms with E-state index in [1.54, 1.807) is 0 Å². The Hall–Kier alpha value is -0.800. The molecule has 3 heteroatoms. The van der Waals surface area contributed by atoms with Crippen molar-refractivity contribution in [3.05, 3.63) is 23.0 Å². The molecule has 0 saturated heterocycles. The van der Waals surface area contributed by atoms with Crippen molar-refractivity contribution in [1.82, 2.24) is 14.8 Å². The summed E-state index contributed by atoms with van der Waals surface area (Å²) in [7, 11) is 0. The van der Waals surface area contributed by atoms with E-state index in [4.69, 9.17) is 0 Å². The molecule has 0 aliphatic rings. The van der Waals surface area contributed by atoms with Gasteiger partial charge in [0, 0.05) is 30.5 Å². The summed E-state index contributed by atoms with van der Waals surface area (Å²) in [5, 5.41) is 3.68. The Labute approximate surface area is 131 Å². The van der Waals surface area contributed by atoms with E-state index in [-0.39, 0.29) is 0 Å². The first-order valence-electron chi connectivity index (χ1n) is 8.64. The molecule has 21 heavy (non-hydrogen) atoms. The van der Waals surface area contributed by atoms with Gasteiger partial charge in [0.15, 0.2) is 0 Å². The van der Waals surface area contributed by atoms with Crippen molar-refractivity contribution in [2.75, 3.05) is 19.6 Å². The summed E-state index contributed by atoms with van der Waals surface area (Å²) in [4.78, 5) is 2.50. The summed E-state index contributed by atoms with van der Waals surface area (Å²) in [5.74, 6) is 0. The maximum Gasteiger partial charge on any atom is 0.0225 e. The van der Waals surface area contributed by atoms with Crippen LogP contribution in [0, 0.1) is 13.8 Å². The number of nitrogens with zero attached hydrogens (tertiary/aromatic N) is 2. The third-order valence-corrected chi connectivity index (χ3v) is 4.64. The molecule has 0 aliphatic carbocycles. The van der Waals surface area contributed by atoms with Crippen molar-refractivity contribution in [2.24, 2.45) is 0 Å². The summed E-state index contributed by atoms with van der Waals surface area (Å²) in [5.41, 5.74) is 4.24. The minimum Gasteiger partial charge on any atom is -0.349 e. The highest BCUT2D eigenvalue weighted by molar-refractivity contribution is 5.26. The topological polar surface area (TPSA) is 20.2 Å². The quantitative estimate of drug-likeness (QED) is 0.709. The van der Waals surface area contributed by atoms with E-state index in [9.17, 15) is 0 Å². The minimum absolute atomic E-state index is 0.588. The predicted molar refractivity (Wildman–Crippen MR) is 92.9 cm³/mol. The zero-order valence-corrected chi connectivity index (χ0v) is 15.0. The summed E-state index contributed by atoms with van der Waals surface area (Å²) in [6.45, 7) is 19.1. The molecule has 1 heterocycles. The van der Waals surface area contributed by atoms with Gasteiger partial charge < -0.3 is 14.8 Å². The molecule has 1 atom stereocenters. The first kappa shape index (κ1) is 18.2. The molecular formula is C18H35N3. The van der Waals surface area contributed by atoms with Crippen LogP contribution < -0.4 is 5.32 Å². The van der Waals surface area contributed by atoms with Gasteiger partial charge >= 0.3 is 0 Å². The summed E-state index contributed by atoms with van der Waals surface area (Å²) < 4.78 is 2.39. The Kier molecular flexibility index (Phi) is 8.05. The Bertz CT molecular complexity index is 405. The summed E-state index contributed by atoms with van der Waals surface area (Å²) >= 11 is 0. The number of aromatic nitrogens is 1. The van der Waals surface area contributed by atoms with E-state index in [0.29, 0.717) is 6.04 Å². The second kappa shape index (κ2) is 9.26. The standard InChI is InChI=1S/C18H35N3/c1-7-20(8-2)12-10-11-15(4)19-14-18-13-16(5)21(9-3)17(18)6/h13,15,19H,7-12,14H2,1-6H3. The fraction of sp³-hybridized carbons (Fsp3) is 0.778. The van der Waals surface area contributed by atoms with Crippen molar-refractivity contribution >= 4 is 0 Å². The Balaban J connectivity index is 2.34. The van der Waals surface area contributed by atoms with Gasteiger partial charge in [-0.3, -0.25) is 0 Å². The lowest BCUT2D eigenvalue weighted by atomic mass is 10.1. The normalized spacial score (nSPS) is 13.1. The average molecular weight is 293 g/mol. The Morgan fingerprint density at radius 1 is 1.19 bits per heavy atom. The van der Waals surface area contributed by atoms with Gasteiger partial charge in [0.2, 0.25) is 0 Å². The maximum absolute atomic E-state index is 3.68. The molecule has 122 valence electrons. The molecule has 0 saturated carbocycles. The molecule has 0 spiro atoms. The van der Waals surface area contributed by atoms with Crippen LogP contribution in [0.1, 0.15) is 57.5 Å². The van der Waals surface area contributed by atoms with E-state index in [0.717, 1.165) is 13.1 Å². The molecular weight excluding hydrogens is 258 g/mol. The van der Waals surface area contributed by atoms with Gasteiger partial charge in [-0.15, -0.1) is 0 Å². The van der Waals surface area contributed by atoms with Crippen molar-refractivity contribution in [2.45, 2.75) is 73.5 Å². The number of hydrogen-bond donors (Lipinski definition) is 1. The second-order valence-electron chi connectivity index (χ2n) is 6.09. The van der Waals surface area contributed by atoms with E-state index in [2.05, 4.69) is 62.4 Å². The van der Waals surface area contributed by atoms with Gasteiger partial charge in [-0.05, 0) is 71.8 Å². The number of nitrogens with one attached hydrogen (secondary N) is 1. The smallest absolute Gasteiger partial charge is 0.0225 e. The highest BCUT2D eigenvalue weighted by Crippen LogP contribution is 2.15. The molecule has 0 fully saturated rings. The van der Waals surface area contributed by atoms with E-state index >= 15 is 0 Å². The molecule has 0 aliphatic heterocycles. The molecule has 1 rings (SSSR count). The highest BCUT2D eigenvalue weighted by Gasteiger charge is 2.09. The van der Waals surface area contributed by atoms with Crippen LogP contribution in [0.25, 0.3) is 0 Å². The van der Waals surface area contributed by atoms with Crippen LogP contribution >= 0.6 is 0 Å². The van der Waals surface area contributed by atoms with Crippen LogP contribution in [-0.2, 0) is 13.1 Å². The largest absolute Gasteiger partial charge is 0.349 e. The van der Waals surface area contributed by atoms with Crippen LogP contribution in [0.2, 0.25) is 0 Å². The van der Waals surface area contributed by atoms with E-state index in [1.165, 1.54) is 49.4 Å². The third kappa shape index (κ3) is 5.48. The lowest BCUT2D eigenvalue weighted by molar-refractivity contribution is 0.290. The van der Waals surface area contributed by atoms with Crippen molar-refractivity contribution < 1.29 is 0 Å². The lowest BCUT2D eigenvalue weighted by Crippen LogP contribution is -2.28. The lowest BCUT2D eigenvalue weighted by Gasteiger charge is -2.19. The minimum atomic E-state index is 0.588. The molecule has 1 aromatic heterocycles. The molecule has 1 N–H and O–H groups in total. The zero-order valence-electron chi connectivity index (χ0n) is 15.0. The van der Waals surface area contributed by atoms with Crippen LogP contribution in [0.4, 0.5) is 0 Å². The van der Waals surface area contributed by atoms with Gasteiger partial charge in [0.05, 0.1) is 0 Å². The number of aryl methyl sites for hydroxylation is 1. The third-order valence-electron chi connectivity index (χ3n) is 4.64. The molecule has 0 bridgehead atoms. The van der Waals surface area contributed by atoms with Gasteiger partial charge in [-0.1, -0.05) is 13.8 Å². The van der Waals surface area contributed by atoms with Crippen molar-refractivity contribution in [1.29, 1.82) is 0 Å². The number of rotatable bonds is 10. The van der Waals surface area contributed by atoms with Crippen molar-refractivity contribution in [3.63, 3.8) is 0 Å². The highest BCUT2D eigenvalue weighted by atomic mass is 15.1. The van der Waals surface area contributed by atoms with Gasteiger partial charge in [-0.2, -0.15) is 0 Å². The molecule has 1 aromatic rings. The molecule has 0 aromatic carbocycles. The molecule has 0 radical (unpaired) electrons. The maximum atomic E-state index is 3.68. The van der Waals surface area contributed by atoms with E-state index < -0.39 is 0 Å². The van der Waals surface area contributed by atoms with Gasteiger partial charge in [-0.25, -0.2) is 0 Å². The van der Waals surface area contributed by atoms with Crippen LogP contribution in [0.15, 0.2) is 6.07 Å². The molecule has 1 unspecified atom stereocenters. The van der Waals surface area contributed by atoms with Crippen molar-refractivity contribution in [3.8, 4) is 0 Å². The summed E-state index contributed by atoms with van der Waals surface area (Å²) in [6, 6.07) is 2.92. The first-order valence-corrected chi connectivity index (χ1v) is 8.64. The molecule has 0 amide bonds. The monoisotopic (exact) mass is 293 g/mol. The van der Waals surface area contributed by atoms with Crippen LogP contribution in [-0.4, -0.2) is 35.1 Å². The summed E-state index contributed by atoms with van der Waals surface area (Å²) in [6.07, 6.45) is 2.53. The Morgan fingerprint density at radius 3 is 2.38 bits per heavy atom. The zero-order chi connectivity index (χ0) is 15.8. The predicted octanol–water partition coefficient (Wildman–Crippen LogP) is 3.72. The first-order chi connectivity index (χ1) is 10.0. The number of hydrogen-bond acceptors (Lipinski definition) is 2. The molecule has 3 nitrogen and oxygen atoms in total. The van der Waals surface area contributed by atoms with Gasteiger partial charge in [0.25, 0.3) is 0 Å². The van der Waals surface area contributed by atoms with E-state index in [1.807, 2.05) is 0 Å². The Morgan fingerprint density at radius 2 is 1.86 bits per heavy atom. The average Bonchev–Trinajstić information content (AvgIpc) is 2.75. The second-order valence-corrected chi connectivity index (χ2v) is 6.09. The van der Waals surface area contributed by atoms with Crippen LogP contribution in [0.3, 0.4) is 0 Å². The fourth-order valence-corrected chi connectivity index (χ4v) is 3.09. The fourth-order valence-electron chi connectivity index (χ4n) is 3.09. The van der Waals surface area contributed by atoms with Gasteiger partial charge in [0.1, 0.15) is 0 Å². The SMILES string of the molecule is CCN(CC)CCCC(C)NCc1cc(C)n(CC)c1C.